The second kappa shape index (κ2) is 7.41. The topological polar surface area (TPSA) is 34.2 Å². The zero-order valence-electron chi connectivity index (χ0n) is 11.8. The molecule has 1 aromatic heterocycles. The van der Waals surface area contributed by atoms with Crippen LogP contribution in [-0.2, 0) is 6.54 Å². The van der Waals surface area contributed by atoms with Gasteiger partial charge in [0.2, 0.25) is 0 Å². The zero-order valence-corrected chi connectivity index (χ0v) is 13.4. The van der Waals surface area contributed by atoms with Crippen LogP contribution in [0.4, 0.5) is 0 Å². The van der Waals surface area contributed by atoms with E-state index in [0.29, 0.717) is 0 Å². The molecule has 0 bridgehead atoms. The molecule has 3 nitrogen and oxygen atoms in total. The molecule has 0 radical (unpaired) electrons. The number of aromatic nitrogens is 1. The molecule has 0 aliphatic rings. The summed E-state index contributed by atoms with van der Waals surface area (Å²) in [5.41, 5.74) is 2.32. The molecule has 0 saturated heterocycles. The first-order valence-electron chi connectivity index (χ1n) is 6.77. The second-order valence-electron chi connectivity index (χ2n) is 4.74. The number of hydrogen-bond acceptors (Lipinski definition) is 3. The fourth-order valence-corrected chi connectivity index (χ4v) is 2.42. The normalized spacial score (nSPS) is 10.6. The van der Waals surface area contributed by atoms with E-state index in [9.17, 15) is 0 Å². The molecule has 0 amide bonds. The molecule has 0 aliphatic heterocycles. The molecule has 1 N–H and O–H groups in total. The smallest absolute Gasteiger partial charge is 0.146 e. The summed E-state index contributed by atoms with van der Waals surface area (Å²) < 4.78 is 6.82. The highest BCUT2D eigenvalue weighted by atomic mass is 79.9. The maximum atomic E-state index is 5.87. The van der Waals surface area contributed by atoms with Gasteiger partial charge in [0.1, 0.15) is 11.5 Å². The summed E-state index contributed by atoms with van der Waals surface area (Å²) in [5, 5.41) is 3.36. The molecule has 1 aromatic carbocycles. The number of rotatable bonds is 6. The summed E-state index contributed by atoms with van der Waals surface area (Å²) in [6.45, 7) is 6.03. The maximum Gasteiger partial charge on any atom is 0.146 e. The third kappa shape index (κ3) is 4.32. The van der Waals surface area contributed by atoms with Gasteiger partial charge in [-0.05, 0) is 65.1 Å². The Morgan fingerprint density at radius 1 is 1.25 bits per heavy atom. The Bertz CT molecular complexity index is 572. The fraction of sp³-hybridized carbons (Fsp3) is 0.312. The van der Waals surface area contributed by atoms with E-state index >= 15 is 0 Å². The first-order valence-corrected chi connectivity index (χ1v) is 7.57. The van der Waals surface area contributed by atoms with Gasteiger partial charge in [-0.3, -0.25) is 4.98 Å². The van der Waals surface area contributed by atoms with Gasteiger partial charge >= 0.3 is 0 Å². The Kier molecular flexibility index (Phi) is 5.56. The van der Waals surface area contributed by atoms with Crippen molar-refractivity contribution >= 4 is 15.9 Å². The van der Waals surface area contributed by atoms with Crippen LogP contribution in [0.25, 0.3) is 0 Å². The first-order chi connectivity index (χ1) is 9.69. The summed E-state index contributed by atoms with van der Waals surface area (Å²) in [4.78, 5) is 4.23. The Labute approximate surface area is 128 Å². The second-order valence-corrected chi connectivity index (χ2v) is 5.60. The van der Waals surface area contributed by atoms with E-state index in [-0.39, 0.29) is 0 Å². The molecular formula is C16H19BrN2O. The minimum atomic E-state index is 0.755. The highest BCUT2D eigenvalue weighted by Gasteiger charge is 2.04. The van der Waals surface area contributed by atoms with Crippen molar-refractivity contribution in [3.05, 3.63) is 52.3 Å². The fourth-order valence-electron chi connectivity index (χ4n) is 1.84. The van der Waals surface area contributed by atoms with Crippen LogP contribution < -0.4 is 10.1 Å². The predicted molar refractivity (Wildman–Crippen MR) is 85.2 cm³/mol. The summed E-state index contributed by atoms with van der Waals surface area (Å²) in [6.07, 6.45) is 4.72. The standard InChI is InChI=1S/C16H19BrN2O/c1-3-6-18-9-13-8-14(11-19-10-13)20-16-5-4-12(2)7-15(16)17/h4-5,7-8,10-11,18H,3,6,9H2,1-2H3. The van der Waals surface area contributed by atoms with Gasteiger partial charge in [-0.1, -0.05) is 13.0 Å². The van der Waals surface area contributed by atoms with E-state index in [0.717, 1.165) is 41.0 Å². The number of nitrogens with zero attached hydrogens (tertiary/aromatic N) is 1. The molecule has 106 valence electrons. The molecule has 2 aromatic rings. The van der Waals surface area contributed by atoms with E-state index in [1.165, 1.54) is 5.56 Å². The predicted octanol–water partition coefficient (Wildman–Crippen LogP) is 4.44. The third-order valence-electron chi connectivity index (χ3n) is 2.84. The van der Waals surface area contributed by atoms with Crippen LogP contribution in [0.1, 0.15) is 24.5 Å². The number of halogens is 1. The number of ether oxygens (including phenoxy) is 1. The molecule has 4 heteroatoms. The van der Waals surface area contributed by atoms with Crippen LogP contribution in [0.3, 0.4) is 0 Å². The van der Waals surface area contributed by atoms with Crippen LogP contribution in [0.2, 0.25) is 0 Å². The number of hydrogen-bond donors (Lipinski definition) is 1. The van der Waals surface area contributed by atoms with Gasteiger partial charge < -0.3 is 10.1 Å². The van der Waals surface area contributed by atoms with E-state index < -0.39 is 0 Å². The van der Waals surface area contributed by atoms with Crippen molar-refractivity contribution in [3.8, 4) is 11.5 Å². The Hall–Kier alpha value is -1.39. The third-order valence-corrected chi connectivity index (χ3v) is 3.46. The van der Waals surface area contributed by atoms with E-state index in [1.54, 1.807) is 6.20 Å². The van der Waals surface area contributed by atoms with Crippen molar-refractivity contribution in [1.29, 1.82) is 0 Å². The monoisotopic (exact) mass is 334 g/mol. The molecule has 20 heavy (non-hydrogen) atoms. The number of pyridine rings is 1. The van der Waals surface area contributed by atoms with Gasteiger partial charge in [-0.25, -0.2) is 0 Å². The number of nitrogens with one attached hydrogen (secondary N) is 1. The first kappa shape index (κ1) is 15.0. The summed E-state index contributed by atoms with van der Waals surface area (Å²) >= 11 is 3.52. The highest BCUT2D eigenvalue weighted by molar-refractivity contribution is 9.10. The van der Waals surface area contributed by atoms with Crippen LogP contribution in [0.5, 0.6) is 11.5 Å². The van der Waals surface area contributed by atoms with Crippen molar-refractivity contribution in [3.63, 3.8) is 0 Å². The summed E-state index contributed by atoms with van der Waals surface area (Å²) in [7, 11) is 0. The van der Waals surface area contributed by atoms with Gasteiger partial charge in [0.25, 0.3) is 0 Å². The SMILES string of the molecule is CCCNCc1cncc(Oc2ccc(C)cc2Br)c1. The van der Waals surface area contributed by atoms with Gasteiger partial charge in [-0.15, -0.1) is 0 Å². The van der Waals surface area contributed by atoms with E-state index in [1.807, 2.05) is 30.5 Å². The van der Waals surface area contributed by atoms with Crippen molar-refractivity contribution in [2.75, 3.05) is 6.54 Å². The largest absolute Gasteiger partial charge is 0.455 e. The lowest BCUT2D eigenvalue weighted by molar-refractivity contribution is 0.476. The van der Waals surface area contributed by atoms with E-state index in [4.69, 9.17) is 4.74 Å². The molecule has 1 heterocycles. The molecule has 2 rings (SSSR count). The van der Waals surface area contributed by atoms with Gasteiger partial charge in [-0.2, -0.15) is 0 Å². The minimum absolute atomic E-state index is 0.755. The average molecular weight is 335 g/mol. The lowest BCUT2D eigenvalue weighted by atomic mass is 10.2. The lowest BCUT2D eigenvalue weighted by Crippen LogP contribution is -2.13. The Morgan fingerprint density at radius 3 is 2.85 bits per heavy atom. The number of aryl methyl sites for hydroxylation is 1. The molecule has 0 fully saturated rings. The van der Waals surface area contributed by atoms with Crippen LogP contribution in [0, 0.1) is 6.92 Å². The van der Waals surface area contributed by atoms with Crippen LogP contribution >= 0.6 is 15.9 Å². The van der Waals surface area contributed by atoms with Crippen LogP contribution in [-0.4, -0.2) is 11.5 Å². The van der Waals surface area contributed by atoms with Crippen molar-refractivity contribution < 1.29 is 4.74 Å². The van der Waals surface area contributed by atoms with Gasteiger partial charge in [0.15, 0.2) is 0 Å². The molecular weight excluding hydrogens is 316 g/mol. The Balaban J connectivity index is 2.07. The van der Waals surface area contributed by atoms with Crippen molar-refractivity contribution in [1.82, 2.24) is 10.3 Å². The minimum Gasteiger partial charge on any atom is -0.455 e. The molecule has 0 atom stereocenters. The molecule has 0 saturated carbocycles. The van der Waals surface area contributed by atoms with Crippen molar-refractivity contribution in [2.24, 2.45) is 0 Å². The zero-order chi connectivity index (χ0) is 14.4. The van der Waals surface area contributed by atoms with E-state index in [2.05, 4.69) is 40.1 Å². The van der Waals surface area contributed by atoms with Crippen LogP contribution in [0.15, 0.2) is 41.1 Å². The van der Waals surface area contributed by atoms with Gasteiger partial charge in [0, 0.05) is 12.7 Å². The lowest BCUT2D eigenvalue weighted by Gasteiger charge is -2.09. The Morgan fingerprint density at radius 2 is 2.10 bits per heavy atom. The highest BCUT2D eigenvalue weighted by Crippen LogP contribution is 2.30. The maximum absolute atomic E-state index is 5.87. The molecule has 0 unspecified atom stereocenters. The van der Waals surface area contributed by atoms with Gasteiger partial charge in [0.05, 0.1) is 10.7 Å². The summed E-state index contributed by atoms with van der Waals surface area (Å²) in [6, 6.07) is 8.04. The average Bonchev–Trinajstić information content (AvgIpc) is 2.43. The molecule has 0 aliphatic carbocycles. The quantitative estimate of drug-likeness (QED) is 0.792. The summed E-state index contributed by atoms with van der Waals surface area (Å²) in [5.74, 6) is 1.56. The van der Waals surface area contributed by atoms with Crippen molar-refractivity contribution in [2.45, 2.75) is 26.8 Å². The molecule has 0 spiro atoms. The number of benzene rings is 1.